The second-order valence-corrected chi connectivity index (χ2v) is 7.58. The lowest BCUT2D eigenvalue weighted by Crippen LogP contribution is -2.16. The van der Waals surface area contributed by atoms with Gasteiger partial charge in [-0.1, -0.05) is 44.4 Å². The van der Waals surface area contributed by atoms with E-state index in [1.807, 2.05) is 19.2 Å². The highest BCUT2D eigenvalue weighted by Gasteiger charge is 2.24. The summed E-state index contributed by atoms with van der Waals surface area (Å²) in [5.41, 5.74) is 6.87. The van der Waals surface area contributed by atoms with Crippen LogP contribution in [-0.4, -0.2) is 13.3 Å². The Morgan fingerprint density at radius 3 is 2.54 bits per heavy atom. The number of fused-ring (bicyclic) bond motifs is 1. The Hall–Kier alpha value is -1.97. The van der Waals surface area contributed by atoms with E-state index in [1.165, 1.54) is 11.1 Å². The quantitative estimate of drug-likeness (QED) is 0.352. The third-order valence-electron chi connectivity index (χ3n) is 5.69. The molecule has 4 heteroatoms. The van der Waals surface area contributed by atoms with Crippen molar-refractivity contribution < 1.29 is 8.78 Å². The number of benzene rings is 1. The van der Waals surface area contributed by atoms with Crippen molar-refractivity contribution in [2.24, 2.45) is 4.99 Å². The molecule has 1 aliphatic rings. The first-order valence-electron chi connectivity index (χ1n) is 10.4. The molecule has 1 atom stereocenters. The Morgan fingerprint density at radius 1 is 1.21 bits per heavy atom. The predicted molar refractivity (Wildman–Crippen MR) is 116 cm³/mol. The van der Waals surface area contributed by atoms with Gasteiger partial charge in [0.25, 0.3) is 6.43 Å². The monoisotopic (exact) mass is 388 g/mol. The van der Waals surface area contributed by atoms with Crippen LogP contribution in [0.4, 0.5) is 8.78 Å². The zero-order chi connectivity index (χ0) is 20.7. The van der Waals surface area contributed by atoms with Gasteiger partial charge in [-0.15, -0.1) is 0 Å². The van der Waals surface area contributed by atoms with Crippen LogP contribution in [-0.2, 0) is 6.54 Å². The molecule has 0 radical (unpaired) electrons. The zero-order valence-corrected chi connectivity index (χ0v) is 17.9. The number of hydrogen-bond donors (Lipinski definition) is 1. The Morgan fingerprint density at radius 2 is 1.96 bits per heavy atom. The summed E-state index contributed by atoms with van der Waals surface area (Å²) in [4.78, 5) is 4.09. The second-order valence-electron chi connectivity index (χ2n) is 7.58. The second kappa shape index (κ2) is 10.5. The van der Waals surface area contributed by atoms with Gasteiger partial charge in [0.1, 0.15) is 0 Å². The van der Waals surface area contributed by atoms with E-state index in [0.717, 1.165) is 48.8 Å². The maximum atomic E-state index is 13.9. The molecule has 0 aromatic heterocycles. The van der Waals surface area contributed by atoms with Crippen molar-refractivity contribution >= 4 is 11.8 Å². The molecule has 0 saturated carbocycles. The van der Waals surface area contributed by atoms with Crippen LogP contribution in [0.25, 0.3) is 5.57 Å². The molecule has 0 amide bonds. The third-order valence-corrected chi connectivity index (χ3v) is 5.69. The molecule has 1 aliphatic heterocycles. The van der Waals surface area contributed by atoms with Gasteiger partial charge in [0.05, 0.1) is 0 Å². The van der Waals surface area contributed by atoms with Crippen molar-refractivity contribution in [3.8, 4) is 0 Å². The van der Waals surface area contributed by atoms with Crippen molar-refractivity contribution in [1.29, 1.82) is 0 Å². The molecule has 0 spiro atoms. The molecule has 0 saturated heterocycles. The summed E-state index contributed by atoms with van der Waals surface area (Å²) < 4.78 is 27.9. The maximum Gasteiger partial charge on any atom is 0.264 e. The molecule has 28 heavy (non-hydrogen) atoms. The average Bonchev–Trinajstić information content (AvgIpc) is 2.69. The predicted octanol–water partition coefficient (Wildman–Crippen LogP) is 7.18. The molecule has 0 fully saturated rings. The number of alkyl halides is 2. The van der Waals surface area contributed by atoms with Crippen LogP contribution in [0, 0.1) is 0 Å². The van der Waals surface area contributed by atoms with Crippen LogP contribution in [0.5, 0.6) is 0 Å². The molecule has 154 valence electrons. The van der Waals surface area contributed by atoms with E-state index in [1.54, 1.807) is 19.3 Å². The van der Waals surface area contributed by atoms with Crippen LogP contribution < -0.4 is 5.32 Å². The first-order chi connectivity index (χ1) is 13.5. The molecule has 1 unspecified atom stereocenters. The summed E-state index contributed by atoms with van der Waals surface area (Å²) in [7, 11) is 1.70. The Kier molecular flexibility index (Phi) is 8.40. The van der Waals surface area contributed by atoms with E-state index in [2.05, 4.69) is 31.1 Å². The van der Waals surface area contributed by atoms with E-state index in [0.29, 0.717) is 12.1 Å². The molecular weight excluding hydrogens is 354 g/mol. The van der Waals surface area contributed by atoms with Crippen molar-refractivity contribution in [1.82, 2.24) is 5.32 Å². The lowest BCUT2D eigenvalue weighted by atomic mass is 9.84. The number of aliphatic imine (C=N–C) groups is 1. The maximum absolute atomic E-state index is 13.9. The summed E-state index contributed by atoms with van der Waals surface area (Å²) in [5.74, 6) is -0.0773. The van der Waals surface area contributed by atoms with Gasteiger partial charge in [-0.25, -0.2) is 8.78 Å². The van der Waals surface area contributed by atoms with E-state index < -0.39 is 6.43 Å². The summed E-state index contributed by atoms with van der Waals surface area (Å²) in [6.45, 7) is 9.25. The molecule has 1 heterocycles. The van der Waals surface area contributed by atoms with E-state index in [9.17, 15) is 8.78 Å². The van der Waals surface area contributed by atoms with Crippen molar-refractivity contribution in [3.05, 3.63) is 51.7 Å². The van der Waals surface area contributed by atoms with Crippen LogP contribution in [0.15, 0.2) is 34.5 Å². The summed E-state index contributed by atoms with van der Waals surface area (Å²) in [5, 5.41) is 3.35. The fraction of sp³-hybridized carbons (Fsp3) is 0.542. The van der Waals surface area contributed by atoms with Crippen molar-refractivity contribution in [2.75, 3.05) is 7.05 Å². The average molecular weight is 389 g/mol. The summed E-state index contributed by atoms with van der Waals surface area (Å²) >= 11 is 0. The molecule has 1 aromatic rings. The number of hydrogen-bond acceptors (Lipinski definition) is 2. The fourth-order valence-electron chi connectivity index (χ4n) is 4.09. The SMILES string of the molecule is CCC/C(C)=C(\CC)CC1=CNCc2cc(C(C=NC)CC)c(C(F)F)cc21. The van der Waals surface area contributed by atoms with Gasteiger partial charge < -0.3 is 10.3 Å². The van der Waals surface area contributed by atoms with Gasteiger partial charge in [-0.05, 0) is 60.9 Å². The first-order valence-corrected chi connectivity index (χ1v) is 10.4. The van der Waals surface area contributed by atoms with Gasteiger partial charge in [-0.3, -0.25) is 0 Å². The number of rotatable bonds is 9. The van der Waals surface area contributed by atoms with Crippen LogP contribution in [0.2, 0.25) is 0 Å². The third kappa shape index (κ3) is 5.09. The largest absolute Gasteiger partial charge is 0.387 e. The number of nitrogens with one attached hydrogen (secondary N) is 1. The summed E-state index contributed by atoms with van der Waals surface area (Å²) in [6.07, 6.45) is 6.08. The van der Waals surface area contributed by atoms with Crippen molar-refractivity contribution in [2.45, 2.75) is 78.7 Å². The molecule has 1 aromatic carbocycles. The Labute approximate surface area is 168 Å². The van der Waals surface area contributed by atoms with Gasteiger partial charge in [0.2, 0.25) is 0 Å². The highest BCUT2D eigenvalue weighted by atomic mass is 19.3. The molecule has 1 N–H and O–H groups in total. The normalized spacial score (nSPS) is 15.9. The standard InChI is InChI=1S/C24H34F2N2/c1-6-9-16(4)17(7-2)10-19-14-28-15-20-11-22(18(8-3)13-27-5)23(24(25)26)12-21(19)20/h11-14,18,24,28H,6-10,15H2,1-5H3/b17-16+,27-13?. The van der Waals surface area contributed by atoms with Gasteiger partial charge in [0, 0.05) is 37.5 Å². The molecule has 2 nitrogen and oxygen atoms in total. The fourth-order valence-corrected chi connectivity index (χ4v) is 4.09. The highest BCUT2D eigenvalue weighted by molar-refractivity contribution is 5.75. The lowest BCUT2D eigenvalue weighted by Gasteiger charge is -2.25. The summed E-state index contributed by atoms with van der Waals surface area (Å²) in [6, 6.07) is 3.71. The lowest BCUT2D eigenvalue weighted by molar-refractivity contribution is 0.150. The zero-order valence-electron chi connectivity index (χ0n) is 17.9. The van der Waals surface area contributed by atoms with Gasteiger partial charge in [0.15, 0.2) is 0 Å². The smallest absolute Gasteiger partial charge is 0.264 e. The number of halogens is 2. The Bertz CT molecular complexity index is 760. The minimum atomic E-state index is -2.49. The minimum Gasteiger partial charge on any atom is -0.387 e. The molecule has 0 bridgehead atoms. The van der Waals surface area contributed by atoms with Crippen molar-refractivity contribution in [3.63, 3.8) is 0 Å². The van der Waals surface area contributed by atoms with E-state index in [4.69, 9.17) is 0 Å². The Balaban J connectivity index is 2.50. The highest BCUT2D eigenvalue weighted by Crippen LogP contribution is 2.37. The van der Waals surface area contributed by atoms with Crippen LogP contribution in [0.1, 0.15) is 94.4 Å². The van der Waals surface area contributed by atoms with E-state index >= 15 is 0 Å². The topological polar surface area (TPSA) is 24.4 Å². The van der Waals surface area contributed by atoms with Crippen LogP contribution >= 0.6 is 0 Å². The van der Waals surface area contributed by atoms with Gasteiger partial charge in [-0.2, -0.15) is 0 Å². The molecule has 0 aliphatic carbocycles. The number of nitrogens with zero attached hydrogens (tertiary/aromatic N) is 1. The molecular formula is C24H34F2N2. The van der Waals surface area contributed by atoms with Crippen LogP contribution in [0.3, 0.4) is 0 Å². The molecule has 2 rings (SSSR count). The first kappa shape index (κ1) is 22.3. The number of allylic oxidation sites excluding steroid dienone is 3. The van der Waals surface area contributed by atoms with E-state index in [-0.39, 0.29) is 11.5 Å². The van der Waals surface area contributed by atoms with Gasteiger partial charge >= 0.3 is 0 Å². The minimum absolute atomic E-state index is 0.0773.